The standard InChI is InChI=1S/C30H28F6N6O2/c1-40-17-38-39-26(40)12-28(10-19(11-28)13-37)20-3-2-4-21(9-20)42-15-23-22(27(42)43)7-18(8-24(23)29(31,32)33)14-41-5-6-44-25(16-41)30(34,35)36/h2-4,7-9,17,19,25H,5-6,10-12,14-16H2,1H3/t19-,25?,28-. The second-order valence-corrected chi connectivity index (χ2v) is 11.8. The highest BCUT2D eigenvalue weighted by Crippen LogP contribution is 2.50. The molecular weight excluding hydrogens is 590 g/mol. The molecule has 1 aromatic heterocycles. The molecule has 0 bridgehead atoms. The van der Waals surface area contributed by atoms with Crippen LogP contribution in [0.5, 0.6) is 0 Å². The Morgan fingerprint density at radius 3 is 2.57 bits per heavy atom. The summed E-state index contributed by atoms with van der Waals surface area (Å²) in [6, 6.07) is 11.6. The number of rotatable bonds is 6. The number of amides is 1. The molecule has 0 spiro atoms. The lowest BCUT2D eigenvalue weighted by Crippen LogP contribution is -2.48. The van der Waals surface area contributed by atoms with E-state index < -0.39 is 41.9 Å². The number of anilines is 1. The van der Waals surface area contributed by atoms with Gasteiger partial charge in [0.05, 0.1) is 24.8 Å². The number of benzene rings is 2. The number of hydrogen-bond donors (Lipinski definition) is 0. The zero-order valence-corrected chi connectivity index (χ0v) is 23.6. The molecule has 1 amide bonds. The average molecular weight is 619 g/mol. The molecule has 8 nitrogen and oxygen atoms in total. The zero-order chi connectivity index (χ0) is 31.4. The first-order valence-corrected chi connectivity index (χ1v) is 14.1. The molecule has 2 aliphatic heterocycles. The van der Waals surface area contributed by atoms with Crippen molar-refractivity contribution >= 4 is 11.6 Å². The van der Waals surface area contributed by atoms with Crippen molar-refractivity contribution in [2.45, 2.75) is 56.2 Å². The summed E-state index contributed by atoms with van der Waals surface area (Å²) in [6.45, 7) is -1.12. The third-order valence-electron chi connectivity index (χ3n) is 8.86. The number of aryl methyl sites for hydroxylation is 1. The molecule has 3 aliphatic rings. The molecule has 3 heterocycles. The lowest BCUT2D eigenvalue weighted by Gasteiger charge is -2.45. The van der Waals surface area contributed by atoms with E-state index in [-0.39, 0.29) is 48.8 Å². The van der Waals surface area contributed by atoms with Gasteiger partial charge in [-0.3, -0.25) is 9.69 Å². The van der Waals surface area contributed by atoms with Crippen molar-refractivity contribution in [3.05, 3.63) is 76.4 Å². The lowest BCUT2D eigenvalue weighted by molar-refractivity contribution is -0.237. The maximum Gasteiger partial charge on any atom is 0.416 e. The molecule has 0 N–H and O–H groups in total. The number of halogens is 6. The van der Waals surface area contributed by atoms with Gasteiger partial charge in [0.25, 0.3) is 5.91 Å². The van der Waals surface area contributed by atoms with E-state index in [9.17, 15) is 36.4 Å². The zero-order valence-electron chi connectivity index (χ0n) is 23.6. The van der Waals surface area contributed by atoms with E-state index in [1.807, 2.05) is 13.1 Å². The van der Waals surface area contributed by atoms with E-state index >= 15 is 0 Å². The van der Waals surface area contributed by atoms with E-state index in [2.05, 4.69) is 16.3 Å². The van der Waals surface area contributed by atoms with Gasteiger partial charge in [0.15, 0.2) is 6.10 Å². The molecule has 14 heteroatoms. The van der Waals surface area contributed by atoms with E-state index in [1.54, 1.807) is 29.1 Å². The Hall–Kier alpha value is -3.96. The molecule has 1 aliphatic carbocycles. The van der Waals surface area contributed by atoms with Gasteiger partial charge in [0.1, 0.15) is 12.2 Å². The van der Waals surface area contributed by atoms with Gasteiger partial charge >= 0.3 is 12.4 Å². The Bertz CT molecular complexity index is 1620. The van der Waals surface area contributed by atoms with Crippen molar-refractivity contribution in [3.8, 4) is 6.07 Å². The number of fused-ring (bicyclic) bond motifs is 1. The summed E-state index contributed by atoms with van der Waals surface area (Å²) in [6.07, 6.45) is -8.21. The number of carbonyl (C=O) groups excluding carboxylic acids is 1. The first kappa shape index (κ1) is 30.1. The minimum atomic E-state index is -4.78. The number of aromatic nitrogens is 3. The van der Waals surface area contributed by atoms with Gasteiger partial charge in [-0.1, -0.05) is 12.1 Å². The van der Waals surface area contributed by atoms with Crippen molar-refractivity contribution in [1.29, 1.82) is 5.26 Å². The molecule has 1 atom stereocenters. The molecule has 2 fully saturated rings. The van der Waals surface area contributed by atoms with Crippen molar-refractivity contribution in [2.75, 3.05) is 24.6 Å². The predicted molar refractivity (Wildman–Crippen MR) is 144 cm³/mol. The van der Waals surface area contributed by atoms with Crippen molar-refractivity contribution in [2.24, 2.45) is 13.0 Å². The van der Waals surface area contributed by atoms with Crippen LogP contribution in [0.25, 0.3) is 0 Å². The van der Waals surface area contributed by atoms with Crippen LogP contribution in [-0.4, -0.2) is 57.5 Å². The summed E-state index contributed by atoms with van der Waals surface area (Å²) in [5.74, 6) is -0.0543. The monoisotopic (exact) mass is 618 g/mol. The van der Waals surface area contributed by atoms with E-state index in [4.69, 9.17) is 4.74 Å². The first-order valence-electron chi connectivity index (χ1n) is 14.1. The normalized spacial score (nSPS) is 24.2. The maximum atomic E-state index is 14.3. The van der Waals surface area contributed by atoms with E-state index in [0.29, 0.717) is 24.9 Å². The van der Waals surface area contributed by atoms with Gasteiger partial charge in [-0.05, 0) is 53.8 Å². The van der Waals surface area contributed by atoms with Gasteiger partial charge in [-0.2, -0.15) is 31.6 Å². The fourth-order valence-corrected chi connectivity index (χ4v) is 6.55. The predicted octanol–water partition coefficient (Wildman–Crippen LogP) is 5.17. The fraction of sp³-hybridized carbons (Fsp3) is 0.467. The Kier molecular flexibility index (Phi) is 7.44. The average Bonchev–Trinajstić information content (AvgIpc) is 3.51. The number of hydrogen-bond acceptors (Lipinski definition) is 6. The Morgan fingerprint density at radius 1 is 1.14 bits per heavy atom. The Labute approximate surface area is 248 Å². The molecule has 3 aromatic rings. The van der Waals surface area contributed by atoms with Crippen LogP contribution in [0.4, 0.5) is 32.0 Å². The number of ether oxygens (including phenoxy) is 1. The molecular formula is C30H28F6N6O2. The van der Waals surface area contributed by atoms with Crippen molar-refractivity contribution in [1.82, 2.24) is 19.7 Å². The van der Waals surface area contributed by atoms with Crippen LogP contribution < -0.4 is 4.90 Å². The summed E-state index contributed by atoms with van der Waals surface area (Å²) in [5.41, 5.74) is -0.371. The van der Waals surface area contributed by atoms with Gasteiger partial charge in [-0.15, -0.1) is 10.2 Å². The smallest absolute Gasteiger partial charge is 0.366 e. The number of morpholine rings is 1. The highest BCUT2D eigenvalue weighted by Gasteiger charge is 2.48. The summed E-state index contributed by atoms with van der Waals surface area (Å²) in [5, 5.41) is 17.6. The van der Waals surface area contributed by atoms with Crippen LogP contribution >= 0.6 is 0 Å². The highest BCUT2D eigenvalue weighted by molar-refractivity contribution is 6.10. The molecule has 1 saturated heterocycles. The quantitative estimate of drug-likeness (QED) is 0.355. The number of carbonyl (C=O) groups is 1. The van der Waals surface area contributed by atoms with Gasteiger partial charge in [0.2, 0.25) is 0 Å². The molecule has 1 unspecified atom stereocenters. The molecule has 6 rings (SSSR count). The van der Waals surface area contributed by atoms with Gasteiger partial charge in [-0.25, -0.2) is 0 Å². The topological polar surface area (TPSA) is 87.3 Å². The number of nitrogens with zero attached hydrogens (tertiary/aromatic N) is 6. The molecule has 232 valence electrons. The molecule has 44 heavy (non-hydrogen) atoms. The third kappa shape index (κ3) is 5.54. The molecule has 1 saturated carbocycles. The SMILES string of the molecule is Cn1cnnc1C[C@]1(c2cccc(N3Cc4c(cc(CN5CCOC(C(F)(F)F)C5)cc4C(F)(F)F)C3=O)c2)C[C@H](C#N)C1. The van der Waals surface area contributed by atoms with E-state index in [0.717, 1.165) is 17.5 Å². The van der Waals surface area contributed by atoms with Crippen LogP contribution in [0.2, 0.25) is 0 Å². The summed E-state index contributed by atoms with van der Waals surface area (Å²) in [7, 11) is 1.82. The van der Waals surface area contributed by atoms with Crippen LogP contribution in [0, 0.1) is 17.2 Å². The van der Waals surface area contributed by atoms with Crippen LogP contribution in [0.15, 0.2) is 42.7 Å². The number of alkyl halides is 6. The molecule has 2 aromatic carbocycles. The third-order valence-corrected chi connectivity index (χ3v) is 8.86. The van der Waals surface area contributed by atoms with Crippen LogP contribution in [-0.2, 0) is 42.9 Å². The minimum absolute atomic E-state index is 0.0995. The van der Waals surface area contributed by atoms with Gasteiger partial charge in [0, 0.05) is 55.7 Å². The minimum Gasteiger partial charge on any atom is -0.366 e. The van der Waals surface area contributed by atoms with Crippen LogP contribution in [0.3, 0.4) is 0 Å². The van der Waals surface area contributed by atoms with Gasteiger partial charge < -0.3 is 14.2 Å². The summed E-state index contributed by atoms with van der Waals surface area (Å²) in [4.78, 5) is 16.3. The maximum absolute atomic E-state index is 14.3. The van der Waals surface area contributed by atoms with Crippen LogP contribution in [0.1, 0.15) is 51.3 Å². The highest BCUT2D eigenvalue weighted by atomic mass is 19.4. The first-order chi connectivity index (χ1) is 20.8. The fourth-order valence-electron chi connectivity index (χ4n) is 6.55. The summed E-state index contributed by atoms with van der Waals surface area (Å²) < 4.78 is 89.1. The molecule has 0 radical (unpaired) electrons. The Morgan fingerprint density at radius 2 is 1.91 bits per heavy atom. The Balaban J connectivity index is 1.30. The van der Waals surface area contributed by atoms with Crippen molar-refractivity contribution in [3.63, 3.8) is 0 Å². The van der Waals surface area contributed by atoms with E-state index in [1.165, 1.54) is 15.9 Å². The second kappa shape index (κ2) is 10.9. The number of nitriles is 1. The van der Waals surface area contributed by atoms with Crippen molar-refractivity contribution < 1.29 is 35.9 Å². The largest absolute Gasteiger partial charge is 0.416 e. The lowest BCUT2D eigenvalue weighted by atomic mass is 9.57. The summed E-state index contributed by atoms with van der Waals surface area (Å²) >= 11 is 0. The second-order valence-electron chi connectivity index (χ2n) is 11.8.